The molecule has 5 nitrogen and oxygen atoms in total. The lowest BCUT2D eigenvalue weighted by Gasteiger charge is -2.36. The number of ether oxygens (including phenoxy) is 1. The van der Waals surface area contributed by atoms with Gasteiger partial charge in [0.1, 0.15) is 23.1 Å². The summed E-state index contributed by atoms with van der Waals surface area (Å²) in [6.07, 6.45) is 4.55. The van der Waals surface area contributed by atoms with E-state index in [1.54, 1.807) is 12.3 Å². The van der Waals surface area contributed by atoms with Crippen molar-refractivity contribution in [1.29, 1.82) is 0 Å². The third-order valence-corrected chi connectivity index (χ3v) is 6.72. The first kappa shape index (κ1) is 24.2. The van der Waals surface area contributed by atoms with Gasteiger partial charge < -0.3 is 15.0 Å². The summed E-state index contributed by atoms with van der Waals surface area (Å²) in [7, 11) is 0. The number of amides is 1. The van der Waals surface area contributed by atoms with Crippen LogP contribution in [0.5, 0.6) is 0 Å². The van der Waals surface area contributed by atoms with Gasteiger partial charge in [0.2, 0.25) is 5.91 Å². The lowest BCUT2D eigenvalue weighted by atomic mass is 9.88. The molecule has 0 saturated carbocycles. The van der Waals surface area contributed by atoms with Crippen molar-refractivity contribution in [3.63, 3.8) is 0 Å². The van der Waals surface area contributed by atoms with Crippen molar-refractivity contribution in [2.24, 2.45) is 0 Å². The number of aromatic nitrogens is 1. The van der Waals surface area contributed by atoms with Gasteiger partial charge in [0.25, 0.3) is 0 Å². The summed E-state index contributed by atoms with van der Waals surface area (Å²) in [6, 6.07) is 4.70. The molecule has 2 heterocycles. The Hall–Kier alpha value is -2.45. The summed E-state index contributed by atoms with van der Waals surface area (Å²) in [4.78, 5) is 18.6. The number of hydrogen-bond acceptors (Lipinski definition) is 5. The van der Waals surface area contributed by atoms with E-state index in [1.807, 2.05) is 23.3 Å². The highest BCUT2D eigenvalue weighted by atomic mass is 79.9. The van der Waals surface area contributed by atoms with E-state index < -0.39 is 0 Å². The zero-order valence-corrected chi connectivity index (χ0v) is 20.9. The van der Waals surface area contributed by atoms with Crippen LogP contribution in [0.1, 0.15) is 43.7 Å². The molecule has 8 heteroatoms. The number of halogens is 2. The fraction of sp³-hybridized carbons (Fsp3) is 0.333. The number of nitrogens with zero attached hydrogens (tertiary/aromatic N) is 2. The predicted octanol–water partition coefficient (Wildman–Crippen LogP) is 5.84. The summed E-state index contributed by atoms with van der Waals surface area (Å²) >= 11 is 5.00. The SMILES string of the molecule is C=C(c1nccs1)N1CC(=O)NC/C1=C(\C(=C\CC)OCC)C(C)c1ccc(F)cc1Br. The van der Waals surface area contributed by atoms with Crippen LogP contribution in [0.3, 0.4) is 0 Å². The predicted molar refractivity (Wildman–Crippen MR) is 130 cm³/mol. The molecule has 1 aromatic carbocycles. The molecule has 1 fully saturated rings. The van der Waals surface area contributed by atoms with Crippen molar-refractivity contribution in [3.8, 4) is 0 Å². The molecule has 0 spiro atoms. The minimum absolute atomic E-state index is 0.0844. The van der Waals surface area contributed by atoms with Crippen LogP contribution >= 0.6 is 27.3 Å². The second kappa shape index (κ2) is 10.9. The molecule has 3 rings (SSSR count). The molecule has 1 atom stereocenters. The van der Waals surface area contributed by atoms with Gasteiger partial charge in [-0.1, -0.05) is 42.4 Å². The quantitative estimate of drug-likeness (QED) is 0.445. The van der Waals surface area contributed by atoms with Crippen molar-refractivity contribution in [2.45, 2.75) is 33.1 Å². The molecule has 0 radical (unpaired) electrons. The van der Waals surface area contributed by atoms with Crippen molar-refractivity contribution in [3.05, 3.63) is 80.3 Å². The number of thiazole rings is 1. The van der Waals surface area contributed by atoms with E-state index in [2.05, 4.69) is 46.7 Å². The first-order chi connectivity index (χ1) is 15.4. The Morgan fingerprint density at radius 3 is 2.88 bits per heavy atom. The van der Waals surface area contributed by atoms with Crippen LogP contribution in [0.25, 0.3) is 5.70 Å². The third-order valence-electron chi connectivity index (χ3n) is 5.21. The van der Waals surface area contributed by atoms with E-state index >= 15 is 0 Å². The summed E-state index contributed by atoms with van der Waals surface area (Å²) in [5.41, 5.74) is 3.41. The van der Waals surface area contributed by atoms with Gasteiger partial charge in [0.15, 0.2) is 0 Å². The zero-order chi connectivity index (χ0) is 23.3. The van der Waals surface area contributed by atoms with Crippen LogP contribution < -0.4 is 5.32 Å². The zero-order valence-electron chi connectivity index (χ0n) is 18.5. The monoisotopic (exact) mass is 519 g/mol. The number of nitrogens with one attached hydrogen (secondary N) is 1. The van der Waals surface area contributed by atoms with Crippen molar-refractivity contribution < 1.29 is 13.9 Å². The molecule has 1 aliphatic rings. The molecule has 0 aliphatic carbocycles. The Labute approximate surface area is 200 Å². The van der Waals surface area contributed by atoms with Crippen LogP contribution in [0.15, 0.2) is 63.9 Å². The van der Waals surface area contributed by atoms with Crippen molar-refractivity contribution >= 4 is 38.9 Å². The highest BCUT2D eigenvalue weighted by molar-refractivity contribution is 9.10. The van der Waals surface area contributed by atoms with Gasteiger partial charge in [-0.2, -0.15) is 0 Å². The van der Waals surface area contributed by atoms with Crippen LogP contribution in [0.2, 0.25) is 0 Å². The number of hydrogen-bond donors (Lipinski definition) is 1. The maximum Gasteiger partial charge on any atom is 0.240 e. The molecule has 1 unspecified atom stereocenters. The second-order valence-electron chi connectivity index (χ2n) is 7.30. The number of carbonyl (C=O) groups is 1. The van der Waals surface area contributed by atoms with E-state index in [0.29, 0.717) is 23.3 Å². The Morgan fingerprint density at radius 1 is 1.47 bits per heavy atom. The molecule has 170 valence electrons. The number of rotatable bonds is 8. The Balaban J connectivity index is 2.21. The Morgan fingerprint density at radius 2 is 2.25 bits per heavy atom. The van der Waals surface area contributed by atoms with Crippen LogP contribution in [0, 0.1) is 5.82 Å². The van der Waals surface area contributed by atoms with Gasteiger partial charge in [0, 0.05) is 33.2 Å². The van der Waals surface area contributed by atoms with E-state index in [1.165, 1.54) is 23.5 Å². The normalized spacial score (nSPS) is 17.1. The average Bonchev–Trinajstić information content (AvgIpc) is 3.29. The molecule has 1 saturated heterocycles. The van der Waals surface area contributed by atoms with Crippen LogP contribution in [-0.2, 0) is 9.53 Å². The average molecular weight is 520 g/mol. The van der Waals surface area contributed by atoms with Crippen LogP contribution in [-0.4, -0.2) is 35.5 Å². The topological polar surface area (TPSA) is 54.5 Å². The van der Waals surface area contributed by atoms with Gasteiger partial charge in [0.05, 0.1) is 18.8 Å². The Kier molecular flexibility index (Phi) is 8.26. The summed E-state index contributed by atoms with van der Waals surface area (Å²) < 4.78 is 20.5. The van der Waals surface area contributed by atoms with Gasteiger partial charge in [-0.15, -0.1) is 11.3 Å². The molecule has 1 N–H and O–H groups in total. The van der Waals surface area contributed by atoms with Crippen molar-refractivity contribution in [1.82, 2.24) is 15.2 Å². The maximum atomic E-state index is 13.8. The van der Waals surface area contributed by atoms with Crippen molar-refractivity contribution in [2.75, 3.05) is 19.7 Å². The molecule has 32 heavy (non-hydrogen) atoms. The molecule has 1 amide bonds. The fourth-order valence-corrected chi connectivity index (χ4v) is 5.07. The highest BCUT2D eigenvalue weighted by Crippen LogP contribution is 2.39. The Bertz CT molecular complexity index is 1050. The number of benzene rings is 1. The molecule has 1 aromatic heterocycles. The van der Waals surface area contributed by atoms with E-state index in [0.717, 1.165) is 34.0 Å². The summed E-state index contributed by atoms with van der Waals surface area (Å²) in [5.74, 6) is 0.214. The molecular weight excluding hydrogens is 493 g/mol. The number of carbonyl (C=O) groups excluding carboxylic acids is 1. The van der Waals surface area contributed by atoms with E-state index in [9.17, 15) is 9.18 Å². The number of piperazine rings is 1. The maximum absolute atomic E-state index is 13.8. The lowest BCUT2D eigenvalue weighted by Crippen LogP contribution is -2.46. The van der Waals surface area contributed by atoms with Gasteiger partial charge in [-0.25, -0.2) is 9.37 Å². The molecule has 2 aromatic rings. The van der Waals surface area contributed by atoms with E-state index in [4.69, 9.17) is 4.74 Å². The largest absolute Gasteiger partial charge is 0.494 e. The highest BCUT2D eigenvalue weighted by Gasteiger charge is 2.31. The van der Waals surface area contributed by atoms with Gasteiger partial charge >= 0.3 is 0 Å². The summed E-state index contributed by atoms with van der Waals surface area (Å²) in [6.45, 7) is 11.3. The van der Waals surface area contributed by atoms with Crippen LogP contribution in [0.4, 0.5) is 4.39 Å². The fourth-order valence-electron chi connectivity index (χ4n) is 3.75. The van der Waals surface area contributed by atoms with Gasteiger partial charge in [-0.05, 0) is 37.1 Å². The molecule has 0 bridgehead atoms. The summed E-state index contributed by atoms with van der Waals surface area (Å²) in [5, 5.41) is 5.60. The standard InChI is InChI=1S/C24H27BrFN3O2S/c1-5-7-21(31-6-2)23(15(3)18-9-8-17(26)12-19(18)25)20-13-28-22(30)14-29(20)16(4)24-27-10-11-32-24/h7-12,15H,4-6,13-14H2,1-3H3,(H,28,30)/b21-7-,23-20+. The minimum atomic E-state index is -0.306. The molecule has 1 aliphatic heterocycles. The smallest absolute Gasteiger partial charge is 0.240 e. The number of allylic oxidation sites excluding steroid dienone is 2. The lowest BCUT2D eigenvalue weighted by molar-refractivity contribution is -0.122. The first-order valence-corrected chi connectivity index (χ1v) is 12.2. The first-order valence-electron chi connectivity index (χ1n) is 10.5. The third kappa shape index (κ3) is 5.30. The van der Waals surface area contributed by atoms with E-state index in [-0.39, 0.29) is 24.2 Å². The minimum Gasteiger partial charge on any atom is -0.494 e. The molecular formula is C24H27BrFN3O2S. The second-order valence-corrected chi connectivity index (χ2v) is 9.05. The van der Waals surface area contributed by atoms with Gasteiger partial charge in [-0.3, -0.25) is 4.79 Å².